The number of aryl methyl sites for hydroxylation is 1. The van der Waals surface area contributed by atoms with Crippen molar-refractivity contribution in [3.63, 3.8) is 0 Å². The van der Waals surface area contributed by atoms with E-state index in [1.54, 1.807) is 11.3 Å². The van der Waals surface area contributed by atoms with Crippen molar-refractivity contribution in [2.75, 3.05) is 13.2 Å². The first kappa shape index (κ1) is 22.3. The Morgan fingerprint density at radius 2 is 1.78 bits per heavy atom. The van der Waals surface area contributed by atoms with Crippen LogP contribution >= 0.6 is 23.1 Å². The molecular weight excluding hydrogens is 444 g/mol. The molecule has 7 heteroatoms. The van der Waals surface area contributed by atoms with E-state index in [2.05, 4.69) is 49.4 Å². The summed E-state index contributed by atoms with van der Waals surface area (Å²) >= 11 is 2.82. The van der Waals surface area contributed by atoms with Crippen molar-refractivity contribution in [2.45, 2.75) is 54.7 Å². The molecule has 0 aliphatic carbocycles. The van der Waals surface area contributed by atoms with Gasteiger partial charge in [0.05, 0.1) is 29.4 Å². The SMILES string of the molecule is CCc1ccc(Cc2cccc3c4c(sc23)C2(OCC4)S[C@H](CO)[C@@H](O)[C@H](O)[C@H]2O)cc1. The minimum atomic E-state index is -1.39. The van der Waals surface area contributed by atoms with Gasteiger partial charge in [0.25, 0.3) is 0 Å². The van der Waals surface area contributed by atoms with Gasteiger partial charge in [-0.3, -0.25) is 0 Å². The molecule has 5 atom stereocenters. The maximum absolute atomic E-state index is 11.0. The zero-order valence-electron chi connectivity index (χ0n) is 17.9. The Morgan fingerprint density at radius 3 is 2.50 bits per heavy atom. The molecule has 3 heterocycles. The second-order valence-electron chi connectivity index (χ2n) is 8.58. The Morgan fingerprint density at radius 1 is 1.03 bits per heavy atom. The number of hydrogen-bond acceptors (Lipinski definition) is 7. The fourth-order valence-corrected chi connectivity index (χ4v) is 8.02. The van der Waals surface area contributed by atoms with Gasteiger partial charge in [0, 0.05) is 4.70 Å². The Hall–Kier alpha value is -1.45. The minimum Gasteiger partial charge on any atom is -0.395 e. The Bertz CT molecular complexity index is 1110. The molecule has 3 aromatic rings. The average Bonchev–Trinajstić information content (AvgIpc) is 3.22. The number of fused-ring (bicyclic) bond motifs is 4. The standard InChI is InChI=1S/C25H28O5S2/c1-2-14-6-8-15(9-7-14)12-16-4-3-5-17-18-10-11-30-25(24(18)31-22(16)17)23(29)21(28)20(27)19(13-26)32-25/h3-9,19-21,23,26-29H,2,10-13H2,1H3/t19-,20-,21+,23-,25?/m1/s1. The van der Waals surface area contributed by atoms with Crippen molar-refractivity contribution in [3.05, 3.63) is 69.6 Å². The molecule has 0 bridgehead atoms. The molecule has 32 heavy (non-hydrogen) atoms. The summed E-state index contributed by atoms with van der Waals surface area (Å²) < 4.78 is 7.31. The van der Waals surface area contributed by atoms with E-state index in [0.717, 1.165) is 39.8 Å². The number of benzene rings is 2. The maximum atomic E-state index is 11.0. The smallest absolute Gasteiger partial charge is 0.177 e. The number of thiophene rings is 1. The van der Waals surface area contributed by atoms with E-state index in [4.69, 9.17) is 4.74 Å². The van der Waals surface area contributed by atoms with Crippen molar-refractivity contribution < 1.29 is 25.2 Å². The number of ether oxygens (including phenoxy) is 1. The quantitative estimate of drug-likeness (QED) is 0.467. The Balaban J connectivity index is 1.59. The van der Waals surface area contributed by atoms with Crippen molar-refractivity contribution in [1.82, 2.24) is 0 Å². The first-order valence-corrected chi connectivity index (χ1v) is 12.8. The Kier molecular flexibility index (Phi) is 6.09. The maximum Gasteiger partial charge on any atom is 0.177 e. The van der Waals surface area contributed by atoms with Gasteiger partial charge in [-0.05, 0) is 46.9 Å². The summed E-state index contributed by atoms with van der Waals surface area (Å²) in [4.78, 5) is -0.307. The molecular formula is C25H28O5S2. The summed E-state index contributed by atoms with van der Waals surface area (Å²) in [5.41, 5.74) is 4.92. The van der Waals surface area contributed by atoms with Crippen LogP contribution in [0, 0.1) is 0 Å². The lowest BCUT2D eigenvalue weighted by atomic mass is 9.92. The van der Waals surface area contributed by atoms with Crippen molar-refractivity contribution >= 4 is 33.2 Å². The summed E-state index contributed by atoms with van der Waals surface area (Å²) in [7, 11) is 0. The molecule has 0 saturated carbocycles. The Labute approximate surface area is 195 Å². The van der Waals surface area contributed by atoms with Gasteiger partial charge >= 0.3 is 0 Å². The molecule has 2 aromatic carbocycles. The van der Waals surface area contributed by atoms with Crippen molar-refractivity contribution in [1.29, 1.82) is 0 Å². The van der Waals surface area contributed by atoms with Gasteiger partial charge in [-0.25, -0.2) is 0 Å². The van der Waals surface area contributed by atoms with E-state index in [-0.39, 0.29) is 6.61 Å². The number of aliphatic hydroxyl groups is 4. The topological polar surface area (TPSA) is 90.2 Å². The van der Waals surface area contributed by atoms with E-state index in [0.29, 0.717) is 6.61 Å². The highest BCUT2D eigenvalue weighted by atomic mass is 32.2. The van der Waals surface area contributed by atoms with Crippen LogP contribution in [0.1, 0.15) is 34.1 Å². The third-order valence-corrected chi connectivity index (χ3v) is 9.87. The number of hydrogen-bond donors (Lipinski definition) is 4. The first-order valence-electron chi connectivity index (χ1n) is 11.1. The fourth-order valence-electron chi connectivity index (χ4n) is 4.83. The first-order chi connectivity index (χ1) is 15.5. The molecule has 1 unspecified atom stereocenters. The monoisotopic (exact) mass is 472 g/mol. The van der Waals surface area contributed by atoms with Crippen molar-refractivity contribution in [3.8, 4) is 0 Å². The number of rotatable bonds is 4. The summed E-state index contributed by atoms with van der Waals surface area (Å²) in [6.45, 7) is 2.26. The molecule has 2 aliphatic rings. The minimum absolute atomic E-state index is 0.306. The molecule has 1 fully saturated rings. The largest absolute Gasteiger partial charge is 0.395 e. The molecule has 5 rings (SSSR count). The van der Waals surface area contributed by atoms with Gasteiger partial charge in [0.1, 0.15) is 12.2 Å². The van der Waals surface area contributed by atoms with Gasteiger partial charge < -0.3 is 25.2 Å². The van der Waals surface area contributed by atoms with Crippen LogP contribution in [0.4, 0.5) is 0 Å². The van der Waals surface area contributed by atoms with Crippen LogP contribution in [0.15, 0.2) is 42.5 Å². The van der Waals surface area contributed by atoms with Crippen LogP contribution in [-0.4, -0.2) is 57.2 Å². The molecule has 170 valence electrons. The summed E-state index contributed by atoms with van der Waals surface area (Å²) in [6.07, 6.45) is -1.34. The van der Waals surface area contributed by atoms with Crippen LogP contribution in [0.3, 0.4) is 0 Å². The third-order valence-electron chi connectivity index (χ3n) is 6.66. The highest BCUT2D eigenvalue weighted by Crippen LogP contribution is 2.56. The highest BCUT2D eigenvalue weighted by Gasteiger charge is 2.57. The lowest BCUT2D eigenvalue weighted by molar-refractivity contribution is -0.154. The molecule has 4 N–H and O–H groups in total. The predicted octanol–water partition coefficient (Wildman–Crippen LogP) is 2.97. The van der Waals surface area contributed by atoms with Gasteiger partial charge in [-0.1, -0.05) is 49.4 Å². The van der Waals surface area contributed by atoms with Crippen LogP contribution < -0.4 is 0 Å². The van der Waals surface area contributed by atoms with Gasteiger partial charge in [0.2, 0.25) is 0 Å². The molecule has 2 aliphatic heterocycles. The van der Waals surface area contributed by atoms with E-state index in [1.807, 2.05) is 0 Å². The fraction of sp³-hybridized carbons (Fsp3) is 0.440. The van der Waals surface area contributed by atoms with Crippen molar-refractivity contribution in [2.24, 2.45) is 0 Å². The van der Waals surface area contributed by atoms with Gasteiger partial charge in [-0.2, -0.15) is 0 Å². The molecule has 1 aromatic heterocycles. The molecule has 5 nitrogen and oxygen atoms in total. The number of thioether (sulfide) groups is 1. The van der Waals surface area contributed by atoms with E-state index < -0.39 is 28.5 Å². The van der Waals surface area contributed by atoms with Gasteiger partial charge in [-0.15, -0.1) is 23.1 Å². The second-order valence-corrected chi connectivity index (χ2v) is 11.0. The molecule has 0 amide bonds. The van der Waals surface area contributed by atoms with Crippen LogP contribution in [0.5, 0.6) is 0 Å². The molecule has 1 spiro atoms. The zero-order chi connectivity index (χ0) is 22.5. The predicted molar refractivity (Wildman–Crippen MR) is 128 cm³/mol. The normalized spacial score (nSPS) is 30.0. The van der Waals surface area contributed by atoms with Gasteiger partial charge in [0.15, 0.2) is 4.93 Å². The third kappa shape index (κ3) is 3.51. The summed E-state index contributed by atoms with van der Waals surface area (Å²) in [5.74, 6) is 0. The second kappa shape index (κ2) is 8.72. The average molecular weight is 473 g/mol. The molecule has 1 saturated heterocycles. The molecule has 0 radical (unpaired) electrons. The van der Waals surface area contributed by atoms with Crippen LogP contribution in [-0.2, 0) is 28.9 Å². The van der Waals surface area contributed by atoms with Crippen LogP contribution in [0.25, 0.3) is 10.1 Å². The van der Waals surface area contributed by atoms with Crippen LogP contribution in [0.2, 0.25) is 0 Å². The van der Waals surface area contributed by atoms with E-state index in [1.165, 1.54) is 28.5 Å². The highest BCUT2D eigenvalue weighted by molar-refractivity contribution is 8.01. The summed E-state index contributed by atoms with van der Waals surface area (Å²) in [5, 5.41) is 42.2. The number of aliphatic hydroxyl groups excluding tert-OH is 4. The van der Waals surface area contributed by atoms with E-state index >= 15 is 0 Å². The lowest BCUT2D eigenvalue weighted by Gasteiger charge is -2.49. The zero-order valence-corrected chi connectivity index (χ0v) is 19.5. The summed E-state index contributed by atoms with van der Waals surface area (Å²) in [6, 6.07) is 15.0. The van der Waals surface area contributed by atoms with E-state index in [9.17, 15) is 20.4 Å². The lowest BCUT2D eigenvalue weighted by Crippen LogP contribution is -2.60.